The van der Waals surface area contributed by atoms with E-state index in [2.05, 4.69) is 32.5 Å². The molecule has 0 saturated heterocycles. The van der Waals surface area contributed by atoms with Crippen LogP contribution in [0.15, 0.2) is 6.20 Å². The van der Waals surface area contributed by atoms with E-state index in [4.69, 9.17) is 0 Å². The van der Waals surface area contributed by atoms with E-state index >= 15 is 0 Å². The molecule has 5 nitrogen and oxygen atoms in total. The SMILES string of the molecule is CCCNc1nc(C)nc(NCc2cnc(C)s2)c1C. The average molecular weight is 291 g/mol. The van der Waals surface area contributed by atoms with Crippen molar-refractivity contribution >= 4 is 23.0 Å². The number of nitrogens with one attached hydrogen (secondary N) is 2. The molecular weight excluding hydrogens is 270 g/mol. The highest BCUT2D eigenvalue weighted by Crippen LogP contribution is 2.21. The van der Waals surface area contributed by atoms with Gasteiger partial charge >= 0.3 is 0 Å². The molecule has 2 rings (SSSR count). The molecule has 0 amide bonds. The van der Waals surface area contributed by atoms with Crippen molar-refractivity contribution in [3.63, 3.8) is 0 Å². The summed E-state index contributed by atoms with van der Waals surface area (Å²) in [5.74, 6) is 2.58. The van der Waals surface area contributed by atoms with Crippen LogP contribution in [-0.2, 0) is 6.54 Å². The second-order valence-corrected chi connectivity index (χ2v) is 6.04. The maximum Gasteiger partial charge on any atom is 0.135 e. The minimum atomic E-state index is 0.746. The lowest BCUT2D eigenvalue weighted by Crippen LogP contribution is -2.10. The molecule has 0 aliphatic rings. The molecule has 2 aromatic rings. The van der Waals surface area contributed by atoms with Gasteiger partial charge in [-0.2, -0.15) is 0 Å². The zero-order valence-electron chi connectivity index (χ0n) is 12.4. The van der Waals surface area contributed by atoms with Crippen LogP contribution in [0.5, 0.6) is 0 Å². The molecule has 0 radical (unpaired) electrons. The Balaban J connectivity index is 2.12. The molecule has 0 aromatic carbocycles. The second kappa shape index (κ2) is 6.65. The molecule has 108 valence electrons. The lowest BCUT2D eigenvalue weighted by Gasteiger charge is -2.13. The third-order valence-electron chi connectivity index (χ3n) is 2.90. The maximum absolute atomic E-state index is 4.49. The predicted molar refractivity (Wildman–Crippen MR) is 84.5 cm³/mol. The van der Waals surface area contributed by atoms with E-state index in [0.717, 1.165) is 47.5 Å². The van der Waals surface area contributed by atoms with E-state index in [0.29, 0.717) is 0 Å². The third-order valence-corrected chi connectivity index (χ3v) is 3.81. The predicted octanol–water partition coefficient (Wildman–Crippen LogP) is 3.29. The topological polar surface area (TPSA) is 62.7 Å². The molecule has 2 aromatic heterocycles. The Morgan fingerprint density at radius 1 is 1.10 bits per heavy atom. The first kappa shape index (κ1) is 14.7. The summed E-state index contributed by atoms with van der Waals surface area (Å²) >= 11 is 1.70. The molecule has 0 spiro atoms. The van der Waals surface area contributed by atoms with Gasteiger partial charge in [-0.25, -0.2) is 15.0 Å². The van der Waals surface area contributed by atoms with Gasteiger partial charge in [-0.05, 0) is 27.2 Å². The van der Waals surface area contributed by atoms with Gasteiger partial charge < -0.3 is 10.6 Å². The molecule has 0 unspecified atom stereocenters. The molecule has 2 N–H and O–H groups in total. The molecular formula is C14H21N5S. The minimum Gasteiger partial charge on any atom is -0.370 e. The fraction of sp³-hybridized carbons (Fsp3) is 0.500. The van der Waals surface area contributed by atoms with Crippen LogP contribution >= 0.6 is 11.3 Å². The Kier molecular flexibility index (Phi) is 4.89. The van der Waals surface area contributed by atoms with Crippen LogP contribution in [0.4, 0.5) is 11.6 Å². The zero-order chi connectivity index (χ0) is 14.5. The number of aromatic nitrogens is 3. The average Bonchev–Trinajstić information content (AvgIpc) is 2.83. The fourth-order valence-corrected chi connectivity index (χ4v) is 2.61. The number of thiazole rings is 1. The van der Waals surface area contributed by atoms with Gasteiger partial charge in [-0.15, -0.1) is 11.3 Å². The van der Waals surface area contributed by atoms with Gasteiger partial charge in [0.15, 0.2) is 0 Å². The summed E-state index contributed by atoms with van der Waals surface area (Å²) in [4.78, 5) is 14.4. The van der Waals surface area contributed by atoms with Crippen molar-refractivity contribution in [3.05, 3.63) is 27.5 Å². The summed E-state index contributed by atoms with van der Waals surface area (Å²) in [7, 11) is 0. The molecule has 0 aliphatic heterocycles. The lowest BCUT2D eigenvalue weighted by molar-refractivity contribution is 0.943. The van der Waals surface area contributed by atoms with Gasteiger partial charge in [0.25, 0.3) is 0 Å². The Morgan fingerprint density at radius 3 is 2.40 bits per heavy atom. The molecule has 0 saturated carbocycles. The van der Waals surface area contributed by atoms with Gasteiger partial charge in [-0.1, -0.05) is 6.92 Å². The van der Waals surface area contributed by atoms with E-state index in [1.54, 1.807) is 11.3 Å². The summed E-state index contributed by atoms with van der Waals surface area (Å²) < 4.78 is 0. The summed E-state index contributed by atoms with van der Waals surface area (Å²) in [6, 6.07) is 0. The van der Waals surface area contributed by atoms with Crippen molar-refractivity contribution in [2.45, 2.75) is 40.7 Å². The van der Waals surface area contributed by atoms with Gasteiger partial charge in [-0.3, -0.25) is 0 Å². The van der Waals surface area contributed by atoms with Crippen LogP contribution in [0.3, 0.4) is 0 Å². The first-order valence-corrected chi connectivity index (χ1v) is 7.66. The van der Waals surface area contributed by atoms with Crippen LogP contribution in [0, 0.1) is 20.8 Å². The first-order valence-electron chi connectivity index (χ1n) is 6.84. The number of hydrogen-bond acceptors (Lipinski definition) is 6. The maximum atomic E-state index is 4.49. The highest BCUT2D eigenvalue weighted by molar-refractivity contribution is 7.11. The van der Waals surface area contributed by atoms with Crippen LogP contribution in [-0.4, -0.2) is 21.5 Å². The van der Waals surface area contributed by atoms with Crippen molar-refractivity contribution in [2.75, 3.05) is 17.2 Å². The van der Waals surface area contributed by atoms with Gasteiger partial charge in [0, 0.05) is 23.2 Å². The van der Waals surface area contributed by atoms with E-state index in [-0.39, 0.29) is 0 Å². The third kappa shape index (κ3) is 3.66. The van der Waals surface area contributed by atoms with Gasteiger partial charge in [0.2, 0.25) is 0 Å². The summed E-state index contributed by atoms with van der Waals surface area (Å²) in [5.41, 5.74) is 1.06. The first-order chi connectivity index (χ1) is 9.60. The summed E-state index contributed by atoms with van der Waals surface area (Å²) in [5, 5.41) is 7.81. The molecule has 2 heterocycles. The summed E-state index contributed by atoms with van der Waals surface area (Å²) in [6.45, 7) is 9.78. The van der Waals surface area contributed by atoms with Crippen molar-refractivity contribution in [2.24, 2.45) is 0 Å². The van der Waals surface area contributed by atoms with Crippen molar-refractivity contribution in [3.8, 4) is 0 Å². The van der Waals surface area contributed by atoms with Crippen molar-refractivity contribution in [1.82, 2.24) is 15.0 Å². The zero-order valence-corrected chi connectivity index (χ0v) is 13.3. The van der Waals surface area contributed by atoms with E-state index in [1.807, 2.05) is 27.0 Å². The highest BCUT2D eigenvalue weighted by atomic mass is 32.1. The number of aryl methyl sites for hydroxylation is 2. The van der Waals surface area contributed by atoms with Crippen LogP contribution in [0.1, 0.15) is 34.6 Å². The van der Waals surface area contributed by atoms with Gasteiger partial charge in [0.1, 0.15) is 17.5 Å². The normalized spacial score (nSPS) is 10.6. The molecule has 0 atom stereocenters. The van der Waals surface area contributed by atoms with Gasteiger partial charge in [0.05, 0.1) is 11.6 Å². The smallest absolute Gasteiger partial charge is 0.135 e. The minimum absolute atomic E-state index is 0.746. The van der Waals surface area contributed by atoms with E-state index < -0.39 is 0 Å². The monoisotopic (exact) mass is 291 g/mol. The molecule has 0 bridgehead atoms. The Hall–Kier alpha value is -1.69. The lowest BCUT2D eigenvalue weighted by atomic mass is 10.3. The number of anilines is 2. The quantitative estimate of drug-likeness (QED) is 0.855. The Morgan fingerprint density at radius 2 is 1.80 bits per heavy atom. The van der Waals surface area contributed by atoms with Crippen molar-refractivity contribution in [1.29, 1.82) is 0 Å². The van der Waals surface area contributed by atoms with Crippen LogP contribution < -0.4 is 10.6 Å². The highest BCUT2D eigenvalue weighted by Gasteiger charge is 2.09. The number of rotatable bonds is 6. The Labute approximate surface area is 123 Å². The Bertz CT molecular complexity index is 579. The molecule has 0 fully saturated rings. The molecule has 0 aliphatic carbocycles. The van der Waals surface area contributed by atoms with E-state index in [9.17, 15) is 0 Å². The number of nitrogens with zero attached hydrogens (tertiary/aromatic N) is 3. The van der Waals surface area contributed by atoms with Crippen LogP contribution in [0.25, 0.3) is 0 Å². The van der Waals surface area contributed by atoms with Crippen molar-refractivity contribution < 1.29 is 0 Å². The van der Waals surface area contributed by atoms with E-state index in [1.165, 1.54) is 4.88 Å². The standard InChI is InChI=1S/C14H21N5S/c1-5-6-15-13-9(2)14(19-10(3)18-13)17-8-12-7-16-11(4)20-12/h7H,5-6,8H2,1-4H3,(H2,15,17,18,19). The number of hydrogen-bond donors (Lipinski definition) is 2. The molecule has 20 heavy (non-hydrogen) atoms. The second-order valence-electron chi connectivity index (χ2n) is 4.72. The largest absolute Gasteiger partial charge is 0.370 e. The molecule has 6 heteroatoms. The fourth-order valence-electron chi connectivity index (χ4n) is 1.87. The summed E-state index contributed by atoms with van der Waals surface area (Å²) in [6.07, 6.45) is 2.98. The van der Waals surface area contributed by atoms with Crippen LogP contribution in [0.2, 0.25) is 0 Å².